The van der Waals surface area contributed by atoms with Gasteiger partial charge in [-0.15, -0.1) is 0 Å². The van der Waals surface area contributed by atoms with E-state index in [1.165, 1.54) is 6.07 Å². The van der Waals surface area contributed by atoms with Crippen molar-refractivity contribution in [3.05, 3.63) is 82.6 Å². The standard InChI is InChI=1S/C29H28N6O6/c36-24-6-9-35(29(40)32-24)22-16-30-7-5-18(22)17-34-13-11-33(12-14-34)10-8-31-28(39)23-15-21-25(37)19-3-1-2-4-20(19)26(38)27(21)41-23/h1-5,7,15-16H,6,8-14,17H2,(H,31,39)(H,32,36,40). The molecule has 4 amide bonds. The van der Waals surface area contributed by atoms with Gasteiger partial charge in [-0.2, -0.15) is 0 Å². The van der Waals surface area contributed by atoms with Crippen molar-refractivity contribution < 1.29 is 28.4 Å². The molecule has 12 nitrogen and oxygen atoms in total. The minimum Gasteiger partial charge on any atom is -0.447 e. The maximum Gasteiger partial charge on any atom is 0.328 e. The molecule has 0 saturated carbocycles. The Balaban J connectivity index is 0.992. The van der Waals surface area contributed by atoms with E-state index in [1.54, 1.807) is 41.6 Å². The summed E-state index contributed by atoms with van der Waals surface area (Å²) in [6.45, 7) is 5.17. The van der Waals surface area contributed by atoms with E-state index in [0.717, 1.165) is 31.7 Å². The monoisotopic (exact) mass is 556 g/mol. The summed E-state index contributed by atoms with van der Waals surface area (Å²) in [6.07, 6.45) is 3.61. The fourth-order valence-electron chi connectivity index (χ4n) is 5.40. The number of carbonyl (C=O) groups excluding carboxylic acids is 5. The Kier molecular flexibility index (Phi) is 7.16. The lowest BCUT2D eigenvalue weighted by atomic mass is 9.89. The van der Waals surface area contributed by atoms with Crippen LogP contribution in [-0.2, 0) is 11.3 Å². The van der Waals surface area contributed by atoms with Gasteiger partial charge in [0.1, 0.15) is 0 Å². The molecule has 2 fully saturated rings. The molecule has 2 aromatic heterocycles. The topological polar surface area (TPSA) is 145 Å². The minimum atomic E-state index is -0.476. The number of hydrogen-bond donors (Lipinski definition) is 2. The summed E-state index contributed by atoms with van der Waals surface area (Å²) in [5.74, 6) is -1.64. The zero-order valence-corrected chi connectivity index (χ0v) is 22.2. The number of fused-ring (bicyclic) bond motifs is 2. The van der Waals surface area contributed by atoms with E-state index in [2.05, 4.69) is 25.4 Å². The molecule has 0 spiro atoms. The van der Waals surface area contributed by atoms with Crippen LogP contribution in [-0.4, -0.2) is 90.0 Å². The largest absolute Gasteiger partial charge is 0.447 e. The predicted molar refractivity (Wildman–Crippen MR) is 146 cm³/mol. The van der Waals surface area contributed by atoms with Gasteiger partial charge in [0.2, 0.25) is 11.7 Å². The van der Waals surface area contributed by atoms with Gasteiger partial charge in [-0.25, -0.2) is 4.79 Å². The molecule has 3 aromatic rings. The van der Waals surface area contributed by atoms with E-state index in [0.29, 0.717) is 37.4 Å². The van der Waals surface area contributed by atoms with Crippen LogP contribution in [0.15, 0.2) is 53.2 Å². The number of aromatic nitrogens is 1. The van der Waals surface area contributed by atoms with Crippen LogP contribution in [0.3, 0.4) is 0 Å². The Morgan fingerprint density at radius 2 is 1.66 bits per heavy atom. The van der Waals surface area contributed by atoms with Crippen molar-refractivity contribution >= 4 is 35.1 Å². The van der Waals surface area contributed by atoms with Gasteiger partial charge in [-0.1, -0.05) is 24.3 Å². The lowest BCUT2D eigenvalue weighted by Gasteiger charge is -2.35. The summed E-state index contributed by atoms with van der Waals surface area (Å²) in [5, 5.41) is 5.18. The van der Waals surface area contributed by atoms with Crippen LogP contribution in [0.2, 0.25) is 0 Å². The van der Waals surface area contributed by atoms with Crippen LogP contribution in [0.4, 0.5) is 10.5 Å². The molecule has 41 heavy (non-hydrogen) atoms. The summed E-state index contributed by atoms with van der Waals surface area (Å²) < 4.78 is 5.53. The number of imide groups is 1. The highest BCUT2D eigenvalue weighted by Gasteiger charge is 2.34. The van der Waals surface area contributed by atoms with Gasteiger partial charge in [0.15, 0.2) is 17.3 Å². The van der Waals surface area contributed by atoms with Crippen molar-refractivity contribution in [2.45, 2.75) is 13.0 Å². The van der Waals surface area contributed by atoms with E-state index in [1.807, 2.05) is 6.07 Å². The molecule has 3 aliphatic rings. The van der Waals surface area contributed by atoms with Crippen molar-refractivity contribution in [3.8, 4) is 0 Å². The Morgan fingerprint density at radius 3 is 2.41 bits per heavy atom. The van der Waals surface area contributed by atoms with Crippen LogP contribution >= 0.6 is 0 Å². The molecular formula is C29H28N6O6. The highest BCUT2D eigenvalue weighted by Crippen LogP contribution is 2.29. The number of rotatable bonds is 7. The Hall–Kier alpha value is -4.68. The second kappa shape index (κ2) is 11.1. The maximum absolute atomic E-state index is 12.8. The van der Waals surface area contributed by atoms with E-state index in [9.17, 15) is 24.0 Å². The number of ketones is 2. The van der Waals surface area contributed by atoms with E-state index in [4.69, 9.17) is 4.42 Å². The number of furan rings is 1. The first-order valence-electron chi connectivity index (χ1n) is 13.5. The number of nitrogens with zero attached hydrogens (tertiary/aromatic N) is 4. The van der Waals surface area contributed by atoms with Crippen molar-refractivity contribution in [2.75, 3.05) is 50.7 Å². The fourth-order valence-corrected chi connectivity index (χ4v) is 5.40. The Bertz CT molecular complexity index is 1500. The number of pyridine rings is 1. The third kappa shape index (κ3) is 5.26. The molecule has 0 bridgehead atoms. The van der Waals surface area contributed by atoms with Gasteiger partial charge in [0.25, 0.3) is 5.91 Å². The SMILES string of the molecule is O=C1CCN(c2cnccc2CN2CCN(CCNC(=O)c3cc4c(o3)C(=O)c3ccccc3C4=O)CC2)C(=O)N1. The van der Waals surface area contributed by atoms with E-state index in [-0.39, 0.29) is 40.8 Å². The normalized spacial score (nSPS) is 17.7. The lowest BCUT2D eigenvalue weighted by Crippen LogP contribution is -2.50. The number of anilines is 1. The molecule has 1 aliphatic carbocycles. The van der Waals surface area contributed by atoms with Crippen LogP contribution < -0.4 is 15.5 Å². The average Bonchev–Trinajstić information content (AvgIpc) is 3.44. The highest BCUT2D eigenvalue weighted by atomic mass is 16.4. The summed E-state index contributed by atoms with van der Waals surface area (Å²) >= 11 is 0. The fraction of sp³-hybridized carbons (Fsp3) is 0.310. The summed E-state index contributed by atoms with van der Waals surface area (Å²) in [6, 6.07) is 9.36. The smallest absolute Gasteiger partial charge is 0.328 e. The van der Waals surface area contributed by atoms with Crippen LogP contribution in [0.5, 0.6) is 0 Å². The van der Waals surface area contributed by atoms with Crippen LogP contribution in [0.25, 0.3) is 0 Å². The third-order valence-electron chi connectivity index (χ3n) is 7.63. The zero-order chi connectivity index (χ0) is 28.5. The van der Waals surface area contributed by atoms with E-state index < -0.39 is 17.7 Å². The second-order valence-corrected chi connectivity index (χ2v) is 10.2. The van der Waals surface area contributed by atoms with Gasteiger partial charge < -0.3 is 9.73 Å². The van der Waals surface area contributed by atoms with Crippen LogP contribution in [0.1, 0.15) is 54.6 Å². The van der Waals surface area contributed by atoms with Crippen molar-refractivity contribution in [2.24, 2.45) is 0 Å². The molecular weight excluding hydrogens is 528 g/mol. The average molecular weight is 557 g/mol. The summed E-state index contributed by atoms with van der Waals surface area (Å²) in [5.41, 5.74) is 2.37. The van der Waals surface area contributed by atoms with Crippen molar-refractivity contribution in [1.29, 1.82) is 0 Å². The number of amides is 4. The lowest BCUT2D eigenvalue weighted by molar-refractivity contribution is -0.120. The molecule has 12 heteroatoms. The molecule has 0 atom stereocenters. The van der Waals surface area contributed by atoms with Crippen molar-refractivity contribution in [3.63, 3.8) is 0 Å². The van der Waals surface area contributed by atoms with E-state index >= 15 is 0 Å². The third-order valence-corrected chi connectivity index (χ3v) is 7.63. The number of benzene rings is 1. The predicted octanol–water partition coefficient (Wildman–Crippen LogP) is 1.44. The van der Waals surface area contributed by atoms with Gasteiger partial charge in [-0.05, 0) is 11.6 Å². The zero-order valence-electron chi connectivity index (χ0n) is 22.2. The summed E-state index contributed by atoms with van der Waals surface area (Å²) in [7, 11) is 0. The molecule has 2 saturated heterocycles. The van der Waals surface area contributed by atoms with Gasteiger partial charge in [0.05, 0.1) is 17.4 Å². The molecule has 0 unspecified atom stereocenters. The Labute approximate surface area is 235 Å². The first-order chi connectivity index (χ1) is 19.9. The van der Waals surface area contributed by atoms with Gasteiger partial charge in [-0.3, -0.25) is 44.2 Å². The molecule has 4 heterocycles. The Morgan fingerprint density at radius 1 is 0.927 bits per heavy atom. The molecule has 2 aliphatic heterocycles. The minimum absolute atomic E-state index is 0.0609. The summed E-state index contributed by atoms with van der Waals surface area (Å²) in [4.78, 5) is 72.4. The first kappa shape index (κ1) is 26.5. The number of carbonyl (C=O) groups is 5. The van der Waals surface area contributed by atoms with Crippen molar-refractivity contribution in [1.82, 2.24) is 25.4 Å². The second-order valence-electron chi connectivity index (χ2n) is 10.2. The quantitative estimate of drug-likeness (QED) is 0.345. The molecule has 2 N–H and O–H groups in total. The van der Waals surface area contributed by atoms with Gasteiger partial charge in [0, 0.05) is 82.2 Å². The maximum atomic E-state index is 12.8. The molecule has 210 valence electrons. The highest BCUT2D eigenvalue weighted by molar-refractivity contribution is 6.27. The van der Waals surface area contributed by atoms with Gasteiger partial charge >= 0.3 is 6.03 Å². The molecule has 6 rings (SSSR count). The number of hydrogen-bond acceptors (Lipinski definition) is 9. The first-order valence-corrected chi connectivity index (χ1v) is 13.5. The number of nitrogens with one attached hydrogen (secondary N) is 2. The number of piperazine rings is 1. The molecule has 1 aromatic carbocycles. The van der Waals surface area contributed by atoms with Crippen LogP contribution in [0, 0.1) is 0 Å². The molecule has 0 radical (unpaired) electrons. The number of urea groups is 1.